The summed E-state index contributed by atoms with van der Waals surface area (Å²) in [6, 6.07) is 11.4. The number of esters is 1. The average Bonchev–Trinajstić information content (AvgIpc) is 3.25. The Kier molecular flexibility index (Phi) is 7.32. The van der Waals surface area contributed by atoms with Crippen LogP contribution in [-0.2, 0) is 14.3 Å². The van der Waals surface area contributed by atoms with E-state index in [1.165, 1.54) is 7.11 Å². The third-order valence-corrected chi connectivity index (χ3v) is 4.62. The summed E-state index contributed by atoms with van der Waals surface area (Å²) in [7, 11) is 1.50. The molecule has 0 aromatic heterocycles. The van der Waals surface area contributed by atoms with Crippen molar-refractivity contribution in [3.05, 3.63) is 53.1 Å². The molecule has 1 aliphatic rings. The molecule has 1 heterocycles. The van der Waals surface area contributed by atoms with E-state index in [-0.39, 0.29) is 6.10 Å². The van der Waals surface area contributed by atoms with Gasteiger partial charge in [0.25, 0.3) is 5.91 Å². The van der Waals surface area contributed by atoms with Crippen LogP contribution in [0.1, 0.15) is 23.2 Å². The smallest absolute Gasteiger partial charge is 0.338 e. The van der Waals surface area contributed by atoms with Crippen LogP contribution in [0.5, 0.6) is 11.5 Å². The van der Waals surface area contributed by atoms with Crippen molar-refractivity contribution in [2.24, 2.45) is 0 Å². The van der Waals surface area contributed by atoms with E-state index in [0.29, 0.717) is 34.4 Å². The minimum atomic E-state index is -0.599. The molecule has 1 amide bonds. The molecule has 29 heavy (non-hydrogen) atoms. The number of carbonyl (C=O) groups excluding carboxylic acids is 2. The lowest BCUT2D eigenvalue weighted by Crippen LogP contribution is -2.21. The molecule has 7 nitrogen and oxygen atoms in total. The molecular formula is C21H22ClNO6. The molecule has 1 N–H and O–H groups in total. The Morgan fingerprint density at radius 3 is 2.66 bits per heavy atom. The molecule has 2 aromatic rings. The predicted molar refractivity (Wildman–Crippen MR) is 108 cm³/mol. The van der Waals surface area contributed by atoms with Gasteiger partial charge >= 0.3 is 5.97 Å². The zero-order valence-electron chi connectivity index (χ0n) is 16.0. The van der Waals surface area contributed by atoms with Gasteiger partial charge in [-0.2, -0.15) is 0 Å². The van der Waals surface area contributed by atoms with Gasteiger partial charge in [-0.25, -0.2) is 4.79 Å². The van der Waals surface area contributed by atoms with Crippen LogP contribution >= 0.6 is 11.6 Å². The first-order valence-corrected chi connectivity index (χ1v) is 9.58. The molecule has 0 aliphatic carbocycles. The van der Waals surface area contributed by atoms with Crippen LogP contribution in [-0.4, -0.2) is 44.9 Å². The van der Waals surface area contributed by atoms with Crippen LogP contribution in [0.3, 0.4) is 0 Å². The van der Waals surface area contributed by atoms with Crippen molar-refractivity contribution >= 4 is 29.2 Å². The molecular weight excluding hydrogens is 398 g/mol. The van der Waals surface area contributed by atoms with Crippen LogP contribution < -0.4 is 14.8 Å². The van der Waals surface area contributed by atoms with Gasteiger partial charge in [0, 0.05) is 12.3 Å². The van der Waals surface area contributed by atoms with E-state index in [0.717, 1.165) is 19.4 Å². The van der Waals surface area contributed by atoms with E-state index < -0.39 is 18.5 Å². The molecule has 2 aromatic carbocycles. The summed E-state index contributed by atoms with van der Waals surface area (Å²) in [6.07, 6.45) is 2.17. The van der Waals surface area contributed by atoms with Crippen molar-refractivity contribution in [2.45, 2.75) is 18.9 Å². The predicted octanol–water partition coefficient (Wildman–Crippen LogP) is 3.70. The summed E-state index contributed by atoms with van der Waals surface area (Å²) in [5.41, 5.74) is 0.805. The van der Waals surface area contributed by atoms with Crippen LogP contribution in [0, 0.1) is 0 Å². The molecule has 0 spiro atoms. The average molecular weight is 420 g/mol. The van der Waals surface area contributed by atoms with E-state index in [2.05, 4.69) is 5.32 Å². The highest BCUT2D eigenvalue weighted by Gasteiger charge is 2.16. The molecule has 1 fully saturated rings. The standard InChI is InChI=1S/C21H22ClNO6/c1-26-19-9-6-15(11-18(19)22)23-20(24)13-29-21(25)14-4-7-16(8-5-14)28-12-17-3-2-10-27-17/h4-9,11,17H,2-3,10,12-13H2,1H3,(H,23,24)/t17-/m0/s1. The molecule has 0 saturated carbocycles. The quantitative estimate of drug-likeness (QED) is 0.657. The van der Waals surface area contributed by atoms with Crippen molar-refractivity contribution in [1.82, 2.24) is 0 Å². The first-order valence-electron chi connectivity index (χ1n) is 9.20. The third-order valence-electron chi connectivity index (χ3n) is 4.32. The molecule has 1 atom stereocenters. The van der Waals surface area contributed by atoms with E-state index in [1.54, 1.807) is 42.5 Å². The summed E-state index contributed by atoms with van der Waals surface area (Å²) >= 11 is 6.01. The lowest BCUT2D eigenvalue weighted by atomic mass is 10.2. The molecule has 1 saturated heterocycles. The Labute approximate surface area is 173 Å². The number of benzene rings is 2. The van der Waals surface area contributed by atoms with Crippen molar-refractivity contribution < 1.29 is 28.5 Å². The zero-order valence-corrected chi connectivity index (χ0v) is 16.7. The summed E-state index contributed by atoms with van der Waals surface area (Å²) in [5.74, 6) is 0.0696. The second-order valence-corrected chi connectivity index (χ2v) is 6.85. The second kappa shape index (κ2) is 10.1. The van der Waals surface area contributed by atoms with Crippen LogP contribution in [0.4, 0.5) is 5.69 Å². The number of hydrogen-bond donors (Lipinski definition) is 1. The Hall–Kier alpha value is -2.77. The molecule has 8 heteroatoms. The number of anilines is 1. The van der Waals surface area contributed by atoms with Crippen molar-refractivity contribution in [1.29, 1.82) is 0 Å². The maximum Gasteiger partial charge on any atom is 0.338 e. The van der Waals surface area contributed by atoms with Crippen LogP contribution in [0.25, 0.3) is 0 Å². The number of nitrogens with one attached hydrogen (secondary N) is 1. The number of methoxy groups -OCH3 is 1. The number of ether oxygens (including phenoxy) is 4. The van der Waals surface area contributed by atoms with E-state index in [9.17, 15) is 9.59 Å². The number of halogens is 1. The lowest BCUT2D eigenvalue weighted by Gasteiger charge is -2.11. The molecule has 3 rings (SSSR count). The first kappa shape index (κ1) is 21.0. The number of amides is 1. The van der Waals surface area contributed by atoms with Gasteiger partial charge in [-0.1, -0.05) is 11.6 Å². The summed E-state index contributed by atoms with van der Waals surface area (Å²) in [5, 5.41) is 2.97. The van der Waals surface area contributed by atoms with Gasteiger partial charge in [-0.15, -0.1) is 0 Å². The van der Waals surface area contributed by atoms with Crippen molar-refractivity contribution in [3.8, 4) is 11.5 Å². The Bertz CT molecular complexity index is 849. The van der Waals surface area contributed by atoms with Gasteiger partial charge in [0.05, 0.1) is 23.8 Å². The van der Waals surface area contributed by atoms with Gasteiger partial charge in [-0.3, -0.25) is 4.79 Å². The number of hydrogen-bond acceptors (Lipinski definition) is 6. The van der Waals surface area contributed by atoms with Crippen LogP contribution in [0.15, 0.2) is 42.5 Å². The van der Waals surface area contributed by atoms with E-state index >= 15 is 0 Å². The third kappa shape index (κ3) is 6.10. The van der Waals surface area contributed by atoms with E-state index in [1.807, 2.05) is 0 Å². The zero-order chi connectivity index (χ0) is 20.6. The minimum Gasteiger partial charge on any atom is -0.495 e. The molecule has 0 unspecified atom stereocenters. The van der Waals surface area contributed by atoms with Crippen molar-refractivity contribution in [3.63, 3.8) is 0 Å². The van der Waals surface area contributed by atoms with Gasteiger partial charge in [-0.05, 0) is 55.3 Å². The summed E-state index contributed by atoms with van der Waals surface area (Å²) < 4.78 is 21.3. The highest BCUT2D eigenvalue weighted by atomic mass is 35.5. The van der Waals surface area contributed by atoms with Gasteiger partial charge in [0.1, 0.15) is 18.1 Å². The highest BCUT2D eigenvalue weighted by molar-refractivity contribution is 6.32. The van der Waals surface area contributed by atoms with Gasteiger partial charge in [0.15, 0.2) is 6.61 Å². The number of rotatable bonds is 8. The maximum absolute atomic E-state index is 12.1. The van der Waals surface area contributed by atoms with E-state index in [4.69, 9.17) is 30.5 Å². The topological polar surface area (TPSA) is 83.1 Å². The fourth-order valence-corrected chi connectivity index (χ4v) is 3.07. The van der Waals surface area contributed by atoms with Gasteiger partial charge < -0.3 is 24.3 Å². The second-order valence-electron chi connectivity index (χ2n) is 6.44. The summed E-state index contributed by atoms with van der Waals surface area (Å²) in [6.45, 7) is 0.844. The molecule has 1 aliphatic heterocycles. The first-order chi connectivity index (χ1) is 14.0. The number of carbonyl (C=O) groups is 2. The SMILES string of the molecule is COc1ccc(NC(=O)COC(=O)c2ccc(OC[C@@H]3CCCO3)cc2)cc1Cl. The molecule has 0 radical (unpaired) electrons. The minimum absolute atomic E-state index is 0.124. The summed E-state index contributed by atoms with van der Waals surface area (Å²) in [4.78, 5) is 24.1. The fraction of sp³-hybridized carbons (Fsp3) is 0.333. The maximum atomic E-state index is 12.1. The Balaban J connectivity index is 1.44. The lowest BCUT2D eigenvalue weighted by molar-refractivity contribution is -0.119. The monoisotopic (exact) mass is 419 g/mol. The van der Waals surface area contributed by atoms with Crippen molar-refractivity contribution in [2.75, 3.05) is 32.2 Å². The largest absolute Gasteiger partial charge is 0.495 e. The fourth-order valence-electron chi connectivity index (χ4n) is 2.81. The normalized spacial score (nSPS) is 15.6. The Morgan fingerprint density at radius 1 is 1.21 bits per heavy atom. The molecule has 154 valence electrons. The van der Waals surface area contributed by atoms with Crippen LogP contribution in [0.2, 0.25) is 5.02 Å². The Morgan fingerprint density at radius 2 is 2.00 bits per heavy atom. The van der Waals surface area contributed by atoms with Gasteiger partial charge in [0.2, 0.25) is 0 Å². The highest BCUT2D eigenvalue weighted by Crippen LogP contribution is 2.27. The molecule has 0 bridgehead atoms.